The van der Waals surface area contributed by atoms with E-state index in [9.17, 15) is 13.2 Å². The summed E-state index contributed by atoms with van der Waals surface area (Å²) in [5.74, 6) is 0. The van der Waals surface area contributed by atoms with Crippen molar-refractivity contribution in [3.63, 3.8) is 0 Å². The predicted octanol–water partition coefficient (Wildman–Crippen LogP) is 2.29. The fraction of sp³-hybridized carbons (Fsp3) is 0.250. The summed E-state index contributed by atoms with van der Waals surface area (Å²) in [6, 6.07) is 4.78. The summed E-state index contributed by atoms with van der Waals surface area (Å²) in [6.45, 7) is 0. The summed E-state index contributed by atoms with van der Waals surface area (Å²) in [7, 11) is 0. The van der Waals surface area contributed by atoms with Crippen molar-refractivity contribution in [1.29, 1.82) is 0 Å². The lowest BCUT2D eigenvalue weighted by Crippen LogP contribution is -2.22. The van der Waals surface area contributed by atoms with E-state index in [0.29, 0.717) is 5.69 Å². The Labute approximate surface area is 84.7 Å². The lowest BCUT2D eigenvalue weighted by molar-refractivity contribution is -0.137. The highest BCUT2D eigenvalue weighted by atomic mass is 32.1. The molecule has 0 heterocycles. The van der Waals surface area contributed by atoms with E-state index in [2.05, 4.69) is 17.9 Å². The monoisotopic (exact) mass is 222 g/mol. The number of benzene rings is 1. The molecule has 0 aliphatic heterocycles. The third-order valence-electron chi connectivity index (χ3n) is 1.50. The van der Waals surface area contributed by atoms with Crippen LogP contribution in [-0.4, -0.2) is 5.50 Å². The summed E-state index contributed by atoms with van der Waals surface area (Å²) >= 11 is 3.80. The molecule has 1 aromatic rings. The van der Waals surface area contributed by atoms with Gasteiger partial charge in [-0.25, -0.2) is 0 Å². The molecule has 3 N–H and O–H groups in total. The van der Waals surface area contributed by atoms with Crippen LogP contribution in [0.5, 0.6) is 0 Å². The highest BCUT2D eigenvalue weighted by Gasteiger charge is 2.30. The Morgan fingerprint density at radius 1 is 1.36 bits per heavy atom. The second kappa shape index (κ2) is 4.10. The molecule has 1 rings (SSSR count). The van der Waals surface area contributed by atoms with Gasteiger partial charge in [0.05, 0.1) is 5.56 Å². The molecule has 78 valence electrons. The van der Waals surface area contributed by atoms with Crippen molar-refractivity contribution in [1.82, 2.24) is 0 Å². The zero-order valence-corrected chi connectivity index (χ0v) is 7.94. The highest BCUT2D eigenvalue weighted by Crippen LogP contribution is 2.30. The first-order chi connectivity index (χ1) is 6.39. The smallest absolute Gasteiger partial charge is 0.362 e. The fourth-order valence-corrected chi connectivity index (χ4v) is 1.11. The van der Waals surface area contributed by atoms with Crippen LogP contribution in [0.2, 0.25) is 0 Å². The average Bonchev–Trinajstić information content (AvgIpc) is 2.01. The van der Waals surface area contributed by atoms with Gasteiger partial charge in [-0.2, -0.15) is 13.2 Å². The fourth-order valence-electron chi connectivity index (χ4n) is 0.956. The van der Waals surface area contributed by atoms with Gasteiger partial charge in [-0.3, -0.25) is 0 Å². The topological polar surface area (TPSA) is 38.0 Å². The molecule has 1 unspecified atom stereocenters. The number of hydrogen-bond acceptors (Lipinski definition) is 3. The lowest BCUT2D eigenvalue weighted by atomic mass is 10.2. The second-order valence-electron chi connectivity index (χ2n) is 2.67. The summed E-state index contributed by atoms with van der Waals surface area (Å²) < 4.78 is 36.7. The number of alkyl halides is 3. The molecule has 0 amide bonds. The average molecular weight is 222 g/mol. The van der Waals surface area contributed by atoms with Crippen LogP contribution in [0.15, 0.2) is 24.3 Å². The first-order valence-electron chi connectivity index (χ1n) is 3.77. The molecular weight excluding hydrogens is 213 g/mol. The van der Waals surface area contributed by atoms with E-state index in [1.54, 1.807) is 0 Å². The number of halogens is 3. The van der Waals surface area contributed by atoms with Crippen molar-refractivity contribution >= 4 is 18.3 Å². The van der Waals surface area contributed by atoms with Gasteiger partial charge < -0.3 is 11.1 Å². The van der Waals surface area contributed by atoms with Crippen LogP contribution in [0.25, 0.3) is 0 Å². The summed E-state index contributed by atoms with van der Waals surface area (Å²) in [5, 5.41) is 2.56. The van der Waals surface area contributed by atoms with E-state index in [1.807, 2.05) is 0 Å². The molecule has 0 aliphatic rings. The van der Waals surface area contributed by atoms with Gasteiger partial charge in [0.15, 0.2) is 0 Å². The molecule has 0 saturated carbocycles. The maximum Gasteiger partial charge on any atom is 0.416 e. The van der Waals surface area contributed by atoms with Crippen LogP contribution in [0.1, 0.15) is 5.56 Å². The summed E-state index contributed by atoms with van der Waals surface area (Å²) in [4.78, 5) is 0. The maximum atomic E-state index is 12.2. The number of nitrogens with two attached hydrogens (primary N) is 1. The standard InChI is InChI=1S/C8H9F3N2S/c9-8(10,11)5-2-1-3-6(4-5)13-7(12)14/h1-4,7,13-14H,12H2. The van der Waals surface area contributed by atoms with Crippen LogP contribution in [-0.2, 0) is 6.18 Å². The zero-order chi connectivity index (χ0) is 10.8. The number of rotatable bonds is 2. The van der Waals surface area contributed by atoms with E-state index in [1.165, 1.54) is 12.1 Å². The van der Waals surface area contributed by atoms with E-state index in [-0.39, 0.29) is 0 Å². The summed E-state index contributed by atoms with van der Waals surface area (Å²) in [6.07, 6.45) is -4.33. The molecule has 2 nitrogen and oxygen atoms in total. The van der Waals surface area contributed by atoms with Gasteiger partial charge >= 0.3 is 6.18 Å². The molecular formula is C8H9F3N2S. The van der Waals surface area contributed by atoms with Crippen molar-refractivity contribution in [3.8, 4) is 0 Å². The van der Waals surface area contributed by atoms with E-state index in [0.717, 1.165) is 12.1 Å². The number of anilines is 1. The van der Waals surface area contributed by atoms with Crippen LogP contribution in [0, 0.1) is 0 Å². The van der Waals surface area contributed by atoms with Gasteiger partial charge in [-0.05, 0) is 18.2 Å². The minimum Gasteiger partial charge on any atom is -0.362 e. The van der Waals surface area contributed by atoms with Crippen molar-refractivity contribution in [2.45, 2.75) is 11.7 Å². The van der Waals surface area contributed by atoms with Crippen molar-refractivity contribution in [3.05, 3.63) is 29.8 Å². The first-order valence-corrected chi connectivity index (χ1v) is 4.28. The molecule has 0 fully saturated rings. The van der Waals surface area contributed by atoms with E-state index >= 15 is 0 Å². The number of thiol groups is 1. The van der Waals surface area contributed by atoms with Gasteiger partial charge in [0.1, 0.15) is 5.50 Å². The van der Waals surface area contributed by atoms with Crippen molar-refractivity contribution in [2.75, 3.05) is 5.32 Å². The van der Waals surface area contributed by atoms with Gasteiger partial charge in [0.2, 0.25) is 0 Å². The Kier molecular flexibility index (Phi) is 3.28. The number of hydrogen-bond donors (Lipinski definition) is 3. The largest absolute Gasteiger partial charge is 0.416 e. The second-order valence-corrected chi connectivity index (χ2v) is 3.22. The molecule has 0 aromatic heterocycles. The third kappa shape index (κ3) is 3.12. The predicted molar refractivity (Wildman–Crippen MR) is 52.0 cm³/mol. The van der Waals surface area contributed by atoms with Gasteiger partial charge in [-0.15, -0.1) is 12.6 Å². The van der Waals surface area contributed by atoms with Gasteiger partial charge in [-0.1, -0.05) is 6.07 Å². The highest BCUT2D eigenvalue weighted by molar-refractivity contribution is 7.81. The molecule has 0 aliphatic carbocycles. The van der Waals surface area contributed by atoms with Crippen LogP contribution in [0.3, 0.4) is 0 Å². The SMILES string of the molecule is NC(S)Nc1cccc(C(F)(F)F)c1. The Balaban J connectivity index is 2.90. The first kappa shape index (κ1) is 11.2. The molecule has 6 heteroatoms. The molecule has 1 atom stereocenters. The Morgan fingerprint density at radius 3 is 2.50 bits per heavy atom. The van der Waals surface area contributed by atoms with Crippen LogP contribution >= 0.6 is 12.6 Å². The van der Waals surface area contributed by atoms with Gasteiger partial charge in [0.25, 0.3) is 0 Å². The quantitative estimate of drug-likeness (QED) is 0.530. The lowest BCUT2D eigenvalue weighted by Gasteiger charge is -2.12. The molecule has 14 heavy (non-hydrogen) atoms. The van der Waals surface area contributed by atoms with Crippen molar-refractivity contribution in [2.24, 2.45) is 5.73 Å². The Hall–Kier alpha value is -0.880. The zero-order valence-electron chi connectivity index (χ0n) is 7.05. The Morgan fingerprint density at radius 2 is 2.00 bits per heavy atom. The maximum absolute atomic E-state index is 12.2. The van der Waals surface area contributed by atoms with Crippen molar-refractivity contribution < 1.29 is 13.2 Å². The third-order valence-corrected chi connectivity index (χ3v) is 1.63. The van der Waals surface area contributed by atoms with Gasteiger partial charge in [0, 0.05) is 5.69 Å². The molecule has 1 aromatic carbocycles. The Bertz CT molecular complexity index is 312. The minimum absolute atomic E-state index is 0.294. The minimum atomic E-state index is -4.33. The van der Waals surface area contributed by atoms with E-state index < -0.39 is 17.2 Å². The van der Waals surface area contributed by atoms with Crippen LogP contribution in [0.4, 0.5) is 18.9 Å². The van der Waals surface area contributed by atoms with Crippen LogP contribution < -0.4 is 11.1 Å². The molecule has 0 saturated heterocycles. The molecule has 0 spiro atoms. The number of nitrogens with one attached hydrogen (secondary N) is 1. The van der Waals surface area contributed by atoms with E-state index in [4.69, 9.17) is 5.73 Å². The molecule has 0 bridgehead atoms. The summed E-state index contributed by atoms with van der Waals surface area (Å²) in [5.41, 5.74) is 4.16. The normalized spacial score (nSPS) is 13.8. The molecule has 0 radical (unpaired) electrons.